The van der Waals surface area contributed by atoms with E-state index >= 15 is 0 Å². The van der Waals surface area contributed by atoms with Gasteiger partial charge in [-0.3, -0.25) is 4.79 Å². The molecule has 0 aliphatic rings. The number of rotatable bonds is 4. The maximum atomic E-state index is 12.4. The molecule has 0 aliphatic carbocycles. The second-order valence-corrected chi connectivity index (χ2v) is 7.53. The van der Waals surface area contributed by atoms with E-state index < -0.39 is 10.0 Å². The average molecular weight is 370 g/mol. The Kier molecular flexibility index (Phi) is 4.71. The van der Waals surface area contributed by atoms with Gasteiger partial charge in [-0.05, 0) is 49.7 Å². The predicted octanol–water partition coefficient (Wildman–Crippen LogP) is 1.82. The third-order valence-electron chi connectivity index (χ3n) is 4.04. The monoisotopic (exact) mass is 370 g/mol. The smallest absolute Gasteiger partial charge is 0.251 e. The molecule has 3 N–H and O–H groups in total. The van der Waals surface area contributed by atoms with Gasteiger partial charge < -0.3 is 5.32 Å². The molecule has 26 heavy (non-hydrogen) atoms. The van der Waals surface area contributed by atoms with Crippen molar-refractivity contribution in [3.05, 3.63) is 65.0 Å². The molecule has 0 spiro atoms. The summed E-state index contributed by atoms with van der Waals surface area (Å²) in [4.78, 5) is 21.3. The molecule has 0 aliphatic heterocycles. The van der Waals surface area contributed by atoms with Gasteiger partial charge in [0, 0.05) is 12.1 Å². The Hall–Kier alpha value is -2.84. The van der Waals surface area contributed by atoms with Gasteiger partial charge in [0.15, 0.2) is 0 Å². The number of aromatic nitrogens is 2. The summed E-state index contributed by atoms with van der Waals surface area (Å²) in [6.07, 6.45) is 0. The fourth-order valence-corrected chi connectivity index (χ4v) is 2.97. The summed E-state index contributed by atoms with van der Waals surface area (Å²) >= 11 is 0. The third kappa shape index (κ3) is 3.87. The largest absolute Gasteiger partial charge is 0.348 e. The van der Waals surface area contributed by atoms with Crippen LogP contribution in [0, 0.1) is 13.8 Å². The number of carbonyl (C=O) groups is 1. The Labute approximate surface area is 151 Å². The molecule has 0 saturated heterocycles. The molecule has 1 heterocycles. The Balaban J connectivity index is 1.74. The second kappa shape index (κ2) is 6.81. The maximum Gasteiger partial charge on any atom is 0.251 e. The summed E-state index contributed by atoms with van der Waals surface area (Å²) in [7, 11) is -3.72. The molecule has 7 nitrogen and oxygen atoms in total. The molecule has 0 atom stereocenters. The Bertz CT molecular complexity index is 1090. The predicted molar refractivity (Wildman–Crippen MR) is 98.0 cm³/mol. The van der Waals surface area contributed by atoms with E-state index in [1.165, 1.54) is 12.1 Å². The number of nitrogens with two attached hydrogens (primary N) is 1. The van der Waals surface area contributed by atoms with Crippen LogP contribution in [0.4, 0.5) is 0 Å². The number of hydrogen-bond donors (Lipinski definition) is 2. The molecule has 0 fully saturated rings. The van der Waals surface area contributed by atoms with Crippen molar-refractivity contribution >= 4 is 27.0 Å². The highest BCUT2D eigenvalue weighted by Gasteiger charge is 2.10. The lowest BCUT2D eigenvalue weighted by Gasteiger charge is -2.08. The molecular formula is C18H18N4O3S. The first-order valence-electron chi connectivity index (χ1n) is 7.89. The molecule has 2 aromatic carbocycles. The van der Waals surface area contributed by atoms with Gasteiger partial charge in [-0.25, -0.2) is 23.5 Å². The summed E-state index contributed by atoms with van der Waals surface area (Å²) in [6.45, 7) is 4.03. The Morgan fingerprint density at radius 3 is 2.23 bits per heavy atom. The van der Waals surface area contributed by atoms with Crippen molar-refractivity contribution in [1.82, 2.24) is 15.3 Å². The first-order chi connectivity index (χ1) is 12.2. The van der Waals surface area contributed by atoms with Crippen LogP contribution >= 0.6 is 0 Å². The van der Waals surface area contributed by atoms with Gasteiger partial charge in [0.2, 0.25) is 10.0 Å². The molecule has 134 valence electrons. The van der Waals surface area contributed by atoms with Crippen molar-refractivity contribution in [1.29, 1.82) is 0 Å². The van der Waals surface area contributed by atoms with E-state index in [0.29, 0.717) is 11.1 Å². The Morgan fingerprint density at radius 2 is 1.62 bits per heavy atom. The van der Waals surface area contributed by atoms with Crippen LogP contribution in [0.2, 0.25) is 0 Å². The molecule has 3 aromatic rings. The van der Waals surface area contributed by atoms with Crippen molar-refractivity contribution in [3.8, 4) is 0 Å². The van der Waals surface area contributed by atoms with Gasteiger partial charge in [-0.15, -0.1) is 0 Å². The van der Waals surface area contributed by atoms with Gasteiger partial charge in [-0.2, -0.15) is 0 Å². The van der Waals surface area contributed by atoms with E-state index in [-0.39, 0.29) is 17.3 Å². The van der Waals surface area contributed by atoms with Crippen LogP contribution in [-0.2, 0) is 16.6 Å². The highest BCUT2D eigenvalue weighted by molar-refractivity contribution is 7.89. The zero-order valence-corrected chi connectivity index (χ0v) is 15.2. The number of primary sulfonamides is 1. The van der Waals surface area contributed by atoms with Crippen molar-refractivity contribution < 1.29 is 13.2 Å². The number of benzene rings is 2. The number of sulfonamides is 1. The van der Waals surface area contributed by atoms with Crippen molar-refractivity contribution in [2.75, 3.05) is 0 Å². The van der Waals surface area contributed by atoms with E-state index in [1.807, 2.05) is 13.8 Å². The standard InChI is InChI=1S/C18H18N4O3S/c1-11-12(2)22-17-9-14(5-8-16(17)21-11)18(23)20-10-13-3-6-15(7-4-13)26(19,24)25/h3-9H,10H2,1-2H3,(H,20,23)(H2,19,24,25). The summed E-state index contributed by atoms with van der Waals surface area (Å²) in [6, 6.07) is 11.2. The molecule has 1 amide bonds. The minimum absolute atomic E-state index is 0.0337. The number of amides is 1. The summed E-state index contributed by atoms with van der Waals surface area (Å²) < 4.78 is 22.5. The lowest BCUT2D eigenvalue weighted by Crippen LogP contribution is -2.22. The minimum Gasteiger partial charge on any atom is -0.348 e. The number of aryl methyl sites for hydroxylation is 2. The fourth-order valence-electron chi connectivity index (χ4n) is 2.45. The third-order valence-corrected chi connectivity index (χ3v) is 4.97. The van der Waals surface area contributed by atoms with Crippen LogP contribution in [0.5, 0.6) is 0 Å². The van der Waals surface area contributed by atoms with Gasteiger partial charge in [0.05, 0.1) is 27.3 Å². The first-order valence-corrected chi connectivity index (χ1v) is 9.43. The van der Waals surface area contributed by atoms with Crippen LogP contribution in [0.3, 0.4) is 0 Å². The fraction of sp³-hybridized carbons (Fsp3) is 0.167. The molecular weight excluding hydrogens is 352 g/mol. The van der Waals surface area contributed by atoms with Crippen LogP contribution < -0.4 is 10.5 Å². The second-order valence-electron chi connectivity index (χ2n) is 5.97. The van der Waals surface area contributed by atoms with Crippen molar-refractivity contribution in [3.63, 3.8) is 0 Å². The molecule has 1 aromatic heterocycles. The van der Waals surface area contributed by atoms with Crippen LogP contribution in [0.15, 0.2) is 47.4 Å². The van der Waals surface area contributed by atoms with E-state index in [9.17, 15) is 13.2 Å². The quantitative estimate of drug-likeness (QED) is 0.727. The normalized spacial score (nSPS) is 11.5. The number of carbonyl (C=O) groups excluding carboxylic acids is 1. The summed E-state index contributed by atoms with van der Waals surface area (Å²) in [5.41, 5.74) is 4.33. The van der Waals surface area contributed by atoms with Gasteiger partial charge in [-0.1, -0.05) is 12.1 Å². The molecule has 8 heteroatoms. The van der Waals surface area contributed by atoms with Gasteiger partial charge >= 0.3 is 0 Å². The topological polar surface area (TPSA) is 115 Å². The zero-order valence-electron chi connectivity index (χ0n) is 14.4. The van der Waals surface area contributed by atoms with Crippen LogP contribution in [-0.4, -0.2) is 24.3 Å². The zero-order chi connectivity index (χ0) is 18.9. The highest BCUT2D eigenvalue weighted by atomic mass is 32.2. The molecule has 0 radical (unpaired) electrons. The summed E-state index contributed by atoms with van der Waals surface area (Å²) in [5, 5.41) is 7.86. The number of hydrogen-bond acceptors (Lipinski definition) is 5. The van der Waals surface area contributed by atoms with Crippen LogP contribution in [0.25, 0.3) is 11.0 Å². The van der Waals surface area contributed by atoms with Gasteiger partial charge in [0.1, 0.15) is 0 Å². The van der Waals surface area contributed by atoms with E-state index in [1.54, 1.807) is 30.3 Å². The number of nitrogens with zero attached hydrogens (tertiary/aromatic N) is 2. The molecule has 3 rings (SSSR count). The number of nitrogens with one attached hydrogen (secondary N) is 1. The maximum absolute atomic E-state index is 12.4. The lowest BCUT2D eigenvalue weighted by molar-refractivity contribution is 0.0951. The molecule has 0 unspecified atom stereocenters. The van der Waals surface area contributed by atoms with E-state index in [0.717, 1.165) is 22.5 Å². The number of fused-ring (bicyclic) bond motifs is 1. The average Bonchev–Trinajstić information content (AvgIpc) is 2.60. The molecule has 0 bridgehead atoms. The van der Waals surface area contributed by atoms with E-state index in [2.05, 4.69) is 15.3 Å². The van der Waals surface area contributed by atoms with Crippen molar-refractivity contribution in [2.45, 2.75) is 25.3 Å². The first kappa shape index (κ1) is 18.0. The SMILES string of the molecule is Cc1nc2ccc(C(=O)NCc3ccc(S(N)(=O)=O)cc3)cc2nc1C. The minimum atomic E-state index is -3.72. The van der Waals surface area contributed by atoms with Gasteiger partial charge in [0.25, 0.3) is 5.91 Å². The van der Waals surface area contributed by atoms with E-state index in [4.69, 9.17) is 5.14 Å². The van der Waals surface area contributed by atoms with Crippen LogP contribution in [0.1, 0.15) is 27.3 Å². The summed E-state index contributed by atoms with van der Waals surface area (Å²) in [5.74, 6) is -0.248. The Morgan fingerprint density at radius 1 is 1.00 bits per heavy atom. The highest BCUT2D eigenvalue weighted by Crippen LogP contribution is 2.15. The molecule has 0 saturated carbocycles. The van der Waals surface area contributed by atoms with Crippen molar-refractivity contribution in [2.24, 2.45) is 5.14 Å². The lowest BCUT2D eigenvalue weighted by atomic mass is 10.1.